The molecule has 9 nitrogen and oxygen atoms in total. The zero-order valence-corrected chi connectivity index (χ0v) is 16.4. The summed E-state index contributed by atoms with van der Waals surface area (Å²) < 4.78 is 4.61. The zero-order chi connectivity index (χ0) is 21.8. The van der Waals surface area contributed by atoms with Gasteiger partial charge >= 0.3 is 12.0 Å². The van der Waals surface area contributed by atoms with Gasteiger partial charge in [-0.25, -0.2) is 14.6 Å². The molecule has 0 aromatic heterocycles. The first kappa shape index (κ1) is 21.0. The second-order valence-electron chi connectivity index (χ2n) is 6.70. The fourth-order valence-electron chi connectivity index (χ4n) is 3.10. The molecule has 0 saturated heterocycles. The van der Waals surface area contributed by atoms with Gasteiger partial charge < -0.3 is 15.2 Å². The molecule has 2 atom stereocenters. The highest BCUT2D eigenvalue weighted by Gasteiger charge is 2.42. The van der Waals surface area contributed by atoms with Crippen molar-refractivity contribution in [3.8, 4) is 0 Å². The summed E-state index contributed by atoms with van der Waals surface area (Å²) in [7, 11) is 1.12. The summed E-state index contributed by atoms with van der Waals surface area (Å²) in [5.74, 6) is -2.18. The standard InChI is InChI=1S/C21H21N3O6/c1-13(25)17(20(28)30-2)22-21(29)23(12-14-8-4-3-5-9-14)24-18(26)15-10-6-7-11-16(15)19(24)27/h3-11,13,17,25H,12H2,1-2H3,(H,22,29)/t13-,17+/m1/s1. The van der Waals surface area contributed by atoms with Crippen LogP contribution < -0.4 is 5.32 Å². The minimum atomic E-state index is -1.38. The normalized spacial score (nSPS) is 14.7. The molecule has 0 saturated carbocycles. The van der Waals surface area contributed by atoms with Gasteiger partial charge in [0, 0.05) is 0 Å². The Morgan fingerprint density at radius 3 is 2.07 bits per heavy atom. The number of methoxy groups -OCH3 is 1. The summed E-state index contributed by atoms with van der Waals surface area (Å²) >= 11 is 0. The van der Waals surface area contributed by atoms with Crippen LogP contribution in [-0.4, -0.2) is 58.2 Å². The molecule has 0 spiro atoms. The molecule has 0 aliphatic carbocycles. The lowest BCUT2D eigenvalue weighted by molar-refractivity contribution is -0.145. The number of ether oxygens (including phenoxy) is 1. The van der Waals surface area contributed by atoms with Crippen molar-refractivity contribution in [1.29, 1.82) is 0 Å². The minimum absolute atomic E-state index is 0.119. The zero-order valence-electron chi connectivity index (χ0n) is 16.4. The molecule has 1 aliphatic rings. The maximum Gasteiger partial charge on any atom is 0.337 e. The highest BCUT2D eigenvalue weighted by atomic mass is 16.5. The SMILES string of the molecule is COC(=O)[C@@H](NC(=O)N(Cc1ccccc1)N1C(=O)c2ccccc2C1=O)[C@@H](C)O. The molecule has 30 heavy (non-hydrogen) atoms. The lowest BCUT2D eigenvalue weighted by Crippen LogP contribution is -2.58. The van der Waals surface area contributed by atoms with E-state index in [1.54, 1.807) is 42.5 Å². The maximum absolute atomic E-state index is 13.1. The predicted molar refractivity (Wildman–Crippen MR) is 105 cm³/mol. The Morgan fingerprint density at radius 1 is 1.03 bits per heavy atom. The molecule has 9 heteroatoms. The van der Waals surface area contributed by atoms with Gasteiger partial charge in [-0.3, -0.25) is 9.59 Å². The van der Waals surface area contributed by atoms with E-state index in [1.165, 1.54) is 19.1 Å². The van der Waals surface area contributed by atoms with Gasteiger partial charge in [0.1, 0.15) is 0 Å². The summed E-state index contributed by atoms with van der Waals surface area (Å²) in [5.41, 5.74) is 0.998. The molecule has 1 heterocycles. The third-order valence-corrected chi connectivity index (χ3v) is 4.64. The van der Waals surface area contributed by atoms with Crippen molar-refractivity contribution in [3.63, 3.8) is 0 Å². The number of aliphatic hydroxyl groups excluding tert-OH is 1. The van der Waals surface area contributed by atoms with E-state index in [2.05, 4.69) is 10.1 Å². The number of rotatable bonds is 6. The number of carbonyl (C=O) groups is 4. The molecule has 0 radical (unpaired) electrons. The Labute approximate surface area is 172 Å². The van der Waals surface area contributed by atoms with Crippen molar-refractivity contribution in [2.24, 2.45) is 0 Å². The Balaban J connectivity index is 1.95. The number of nitrogens with zero attached hydrogens (tertiary/aromatic N) is 2. The lowest BCUT2D eigenvalue weighted by Gasteiger charge is -2.31. The van der Waals surface area contributed by atoms with Gasteiger partial charge in [0.15, 0.2) is 6.04 Å². The number of carbonyl (C=O) groups excluding carboxylic acids is 4. The topological polar surface area (TPSA) is 116 Å². The molecule has 2 aromatic carbocycles. The van der Waals surface area contributed by atoms with Gasteiger partial charge in [-0.05, 0) is 24.6 Å². The highest BCUT2D eigenvalue weighted by molar-refractivity contribution is 6.21. The number of nitrogens with one attached hydrogen (secondary N) is 1. The largest absolute Gasteiger partial charge is 0.467 e. The second kappa shape index (κ2) is 8.75. The molecule has 2 N–H and O–H groups in total. The maximum atomic E-state index is 13.1. The lowest BCUT2D eigenvalue weighted by atomic mass is 10.1. The number of urea groups is 1. The molecule has 0 fully saturated rings. The number of aliphatic hydroxyl groups is 1. The van der Waals surface area contributed by atoms with Crippen LogP contribution in [-0.2, 0) is 16.1 Å². The van der Waals surface area contributed by atoms with Crippen molar-refractivity contribution in [1.82, 2.24) is 15.3 Å². The Bertz CT molecular complexity index is 941. The quantitative estimate of drug-likeness (QED) is 0.547. The van der Waals surface area contributed by atoms with E-state index in [0.717, 1.165) is 17.1 Å². The van der Waals surface area contributed by atoms with Gasteiger partial charge in [-0.2, -0.15) is 5.01 Å². The number of benzene rings is 2. The van der Waals surface area contributed by atoms with Crippen LogP contribution in [0, 0.1) is 0 Å². The molecule has 0 bridgehead atoms. The number of amides is 4. The summed E-state index contributed by atoms with van der Waals surface area (Å²) in [5, 5.41) is 13.9. The Kier molecular flexibility index (Phi) is 6.12. The second-order valence-corrected chi connectivity index (χ2v) is 6.70. The van der Waals surface area contributed by atoms with E-state index in [4.69, 9.17) is 0 Å². The number of hydrogen-bond acceptors (Lipinski definition) is 6. The molecule has 3 rings (SSSR count). The van der Waals surface area contributed by atoms with Crippen LogP contribution in [0.5, 0.6) is 0 Å². The number of hydrogen-bond donors (Lipinski definition) is 2. The van der Waals surface area contributed by atoms with Gasteiger partial charge in [0.05, 0.1) is 30.9 Å². The Morgan fingerprint density at radius 2 is 1.57 bits per heavy atom. The smallest absolute Gasteiger partial charge is 0.337 e. The fraction of sp³-hybridized carbons (Fsp3) is 0.238. The van der Waals surface area contributed by atoms with E-state index in [9.17, 15) is 24.3 Å². The molecule has 156 valence electrons. The van der Waals surface area contributed by atoms with Crippen molar-refractivity contribution < 1.29 is 29.0 Å². The van der Waals surface area contributed by atoms with Gasteiger partial charge in [0.25, 0.3) is 11.8 Å². The van der Waals surface area contributed by atoms with Crippen LogP contribution in [0.25, 0.3) is 0 Å². The average Bonchev–Trinajstić information content (AvgIpc) is 3.00. The number of fused-ring (bicyclic) bond motifs is 1. The van der Waals surface area contributed by atoms with Gasteiger partial charge in [-0.1, -0.05) is 42.5 Å². The molecule has 1 aliphatic heterocycles. The van der Waals surface area contributed by atoms with E-state index >= 15 is 0 Å². The van der Waals surface area contributed by atoms with Crippen LogP contribution in [0.1, 0.15) is 33.2 Å². The third-order valence-electron chi connectivity index (χ3n) is 4.64. The third kappa shape index (κ3) is 4.01. The van der Waals surface area contributed by atoms with Crippen molar-refractivity contribution >= 4 is 23.8 Å². The van der Waals surface area contributed by atoms with Crippen LogP contribution in [0.15, 0.2) is 54.6 Å². The van der Waals surface area contributed by atoms with Crippen molar-refractivity contribution in [3.05, 3.63) is 71.3 Å². The highest BCUT2D eigenvalue weighted by Crippen LogP contribution is 2.25. The van der Waals surface area contributed by atoms with Gasteiger partial charge in [-0.15, -0.1) is 0 Å². The van der Waals surface area contributed by atoms with Crippen molar-refractivity contribution in [2.45, 2.75) is 25.6 Å². The first-order valence-electron chi connectivity index (χ1n) is 9.20. The number of hydrazine groups is 1. The monoisotopic (exact) mass is 411 g/mol. The summed E-state index contributed by atoms with van der Waals surface area (Å²) in [6.07, 6.45) is -1.26. The number of esters is 1. The summed E-state index contributed by atoms with van der Waals surface area (Å²) in [4.78, 5) is 50.8. The predicted octanol–water partition coefficient (Wildman–Crippen LogP) is 1.33. The molecule has 4 amide bonds. The molecular weight excluding hydrogens is 390 g/mol. The minimum Gasteiger partial charge on any atom is -0.467 e. The average molecular weight is 411 g/mol. The van der Waals surface area contributed by atoms with E-state index < -0.39 is 36.0 Å². The molecular formula is C21H21N3O6. The van der Waals surface area contributed by atoms with E-state index in [1.807, 2.05) is 0 Å². The summed E-state index contributed by atoms with van der Waals surface area (Å²) in [6.45, 7) is 1.19. The van der Waals surface area contributed by atoms with Crippen LogP contribution in [0.3, 0.4) is 0 Å². The fourth-order valence-corrected chi connectivity index (χ4v) is 3.10. The van der Waals surface area contributed by atoms with E-state index in [-0.39, 0.29) is 17.7 Å². The van der Waals surface area contributed by atoms with Crippen LogP contribution in [0.2, 0.25) is 0 Å². The van der Waals surface area contributed by atoms with Crippen LogP contribution in [0.4, 0.5) is 4.79 Å². The van der Waals surface area contributed by atoms with E-state index in [0.29, 0.717) is 5.56 Å². The number of imide groups is 1. The van der Waals surface area contributed by atoms with Crippen LogP contribution >= 0.6 is 0 Å². The van der Waals surface area contributed by atoms with Crippen molar-refractivity contribution in [2.75, 3.05) is 7.11 Å². The first-order valence-corrected chi connectivity index (χ1v) is 9.20. The molecule has 2 aromatic rings. The van der Waals surface area contributed by atoms with Gasteiger partial charge in [0.2, 0.25) is 0 Å². The molecule has 0 unspecified atom stereocenters. The summed E-state index contributed by atoms with van der Waals surface area (Å²) in [6, 6.07) is 12.7. The Hall–Kier alpha value is -3.72. The first-order chi connectivity index (χ1) is 14.3.